The molecule has 14 heavy (non-hydrogen) atoms. The molecule has 0 heterocycles. The van der Waals surface area contributed by atoms with E-state index in [4.69, 9.17) is 4.74 Å². The van der Waals surface area contributed by atoms with Crippen molar-refractivity contribution in [1.82, 2.24) is 0 Å². The molecular formula is C11H11FO2. The molecule has 1 aromatic rings. The van der Waals surface area contributed by atoms with Gasteiger partial charge in [-0.3, -0.25) is 0 Å². The molecule has 0 radical (unpaired) electrons. The third-order valence-corrected chi connectivity index (χ3v) is 1.71. The summed E-state index contributed by atoms with van der Waals surface area (Å²) in [7, 11) is 0. The Morgan fingerprint density at radius 3 is 2.29 bits per heavy atom. The topological polar surface area (TPSA) is 26.3 Å². The summed E-state index contributed by atoms with van der Waals surface area (Å²) in [5, 5.41) is 0. The molecule has 0 unspecified atom stereocenters. The van der Waals surface area contributed by atoms with E-state index in [1.807, 2.05) is 0 Å². The Balaban J connectivity index is 2.83. The van der Waals surface area contributed by atoms with Gasteiger partial charge in [-0.2, -0.15) is 0 Å². The summed E-state index contributed by atoms with van der Waals surface area (Å²) >= 11 is 0. The highest BCUT2D eigenvalue weighted by molar-refractivity contribution is 5.89. The van der Waals surface area contributed by atoms with Crippen LogP contribution in [0.25, 0.3) is 5.83 Å². The van der Waals surface area contributed by atoms with E-state index in [-0.39, 0.29) is 0 Å². The maximum absolute atomic E-state index is 12.6. The predicted octanol–water partition coefficient (Wildman–Crippen LogP) is 2.80. The molecule has 0 aliphatic rings. The maximum Gasteiger partial charge on any atom is 0.338 e. The van der Waals surface area contributed by atoms with Crippen molar-refractivity contribution >= 4 is 11.8 Å². The van der Waals surface area contributed by atoms with Crippen LogP contribution in [0.15, 0.2) is 30.8 Å². The van der Waals surface area contributed by atoms with Gasteiger partial charge in [0.15, 0.2) is 0 Å². The predicted molar refractivity (Wildman–Crippen MR) is 52.5 cm³/mol. The van der Waals surface area contributed by atoms with Crippen LogP contribution in [0, 0.1) is 0 Å². The van der Waals surface area contributed by atoms with E-state index in [0.29, 0.717) is 17.7 Å². The molecule has 0 spiro atoms. The number of hydrogen-bond donors (Lipinski definition) is 0. The summed E-state index contributed by atoms with van der Waals surface area (Å²) in [6.07, 6.45) is 0. The molecule has 0 fully saturated rings. The summed E-state index contributed by atoms with van der Waals surface area (Å²) in [5.41, 5.74) is 0.787. The van der Waals surface area contributed by atoms with Crippen LogP contribution in [0.1, 0.15) is 22.8 Å². The zero-order valence-electron chi connectivity index (χ0n) is 7.92. The monoisotopic (exact) mass is 194 g/mol. The van der Waals surface area contributed by atoms with Crippen LogP contribution in [-0.2, 0) is 4.74 Å². The fourth-order valence-corrected chi connectivity index (χ4v) is 1.00. The van der Waals surface area contributed by atoms with Gasteiger partial charge in [0, 0.05) is 5.56 Å². The van der Waals surface area contributed by atoms with Gasteiger partial charge in [-0.15, -0.1) is 0 Å². The minimum absolute atomic E-state index is 0.330. The van der Waals surface area contributed by atoms with Gasteiger partial charge in [0.2, 0.25) is 0 Å². The molecule has 0 aliphatic heterocycles. The molecule has 0 bridgehead atoms. The van der Waals surface area contributed by atoms with Gasteiger partial charge in [-0.05, 0) is 19.1 Å². The second kappa shape index (κ2) is 4.56. The van der Waals surface area contributed by atoms with Crippen molar-refractivity contribution in [3.05, 3.63) is 42.0 Å². The number of halogens is 1. The van der Waals surface area contributed by atoms with Crippen LogP contribution in [-0.4, -0.2) is 12.6 Å². The highest BCUT2D eigenvalue weighted by Crippen LogP contribution is 2.14. The zero-order chi connectivity index (χ0) is 10.6. The summed E-state index contributed by atoms with van der Waals surface area (Å²) in [5.74, 6) is -0.913. The summed E-state index contributed by atoms with van der Waals surface area (Å²) in [4.78, 5) is 11.2. The normalized spacial score (nSPS) is 9.57. The first-order valence-corrected chi connectivity index (χ1v) is 4.27. The summed E-state index contributed by atoms with van der Waals surface area (Å²) in [6.45, 7) is 5.21. The number of carbonyl (C=O) groups excluding carboxylic acids is 1. The van der Waals surface area contributed by atoms with Crippen LogP contribution >= 0.6 is 0 Å². The number of esters is 1. The van der Waals surface area contributed by atoms with Gasteiger partial charge < -0.3 is 4.74 Å². The molecule has 0 aromatic heterocycles. The average Bonchev–Trinajstić information content (AvgIpc) is 2.18. The number of ether oxygens (including phenoxy) is 1. The fraction of sp³-hybridized carbons (Fsp3) is 0.182. The lowest BCUT2D eigenvalue weighted by molar-refractivity contribution is 0.0526. The summed E-state index contributed by atoms with van der Waals surface area (Å²) < 4.78 is 17.4. The number of carbonyl (C=O) groups is 1. The van der Waals surface area contributed by atoms with Crippen molar-refractivity contribution in [2.24, 2.45) is 0 Å². The van der Waals surface area contributed by atoms with Crippen LogP contribution in [0.5, 0.6) is 0 Å². The van der Waals surface area contributed by atoms with Crippen molar-refractivity contribution in [2.45, 2.75) is 6.92 Å². The van der Waals surface area contributed by atoms with Crippen molar-refractivity contribution in [1.29, 1.82) is 0 Å². The van der Waals surface area contributed by atoms with Crippen molar-refractivity contribution < 1.29 is 13.9 Å². The molecule has 0 aliphatic carbocycles. The molecule has 2 nitrogen and oxygen atoms in total. The van der Waals surface area contributed by atoms with Crippen LogP contribution in [0.4, 0.5) is 4.39 Å². The zero-order valence-corrected chi connectivity index (χ0v) is 7.92. The molecule has 74 valence electrons. The molecule has 0 saturated heterocycles. The number of rotatable bonds is 3. The summed E-state index contributed by atoms with van der Waals surface area (Å²) in [6, 6.07) is 6.01. The number of hydrogen-bond acceptors (Lipinski definition) is 2. The lowest BCUT2D eigenvalue weighted by Crippen LogP contribution is -2.04. The minimum Gasteiger partial charge on any atom is -0.462 e. The second-order valence-corrected chi connectivity index (χ2v) is 2.70. The van der Waals surface area contributed by atoms with Crippen LogP contribution in [0.2, 0.25) is 0 Å². The molecular weight excluding hydrogens is 183 g/mol. The van der Waals surface area contributed by atoms with E-state index in [9.17, 15) is 9.18 Å². The fourth-order valence-electron chi connectivity index (χ4n) is 1.00. The van der Waals surface area contributed by atoms with E-state index in [2.05, 4.69) is 6.58 Å². The number of benzene rings is 1. The first kappa shape index (κ1) is 10.4. The van der Waals surface area contributed by atoms with E-state index < -0.39 is 11.8 Å². The van der Waals surface area contributed by atoms with Crippen LogP contribution < -0.4 is 0 Å². The Bertz CT molecular complexity index is 341. The minimum atomic E-state index is -0.514. The Labute approximate surface area is 82.0 Å². The second-order valence-electron chi connectivity index (χ2n) is 2.70. The SMILES string of the molecule is C=C(F)c1ccc(C(=O)OCC)cc1. The molecule has 0 saturated carbocycles. The smallest absolute Gasteiger partial charge is 0.338 e. The van der Waals surface area contributed by atoms with E-state index in [1.165, 1.54) is 24.3 Å². The molecule has 3 heteroatoms. The standard InChI is InChI=1S/C11H11FO2/c1-3-14-11(13)10-6-4-9(5-7-10)8(2)12/h4-7H,2-3H2,1H3. The van der Waals surface area contributed by atoms with Crippen molar-refractivity contribution in [3.8, 4) is 0 Å². The Morgan fingerprint density at radius 1 is 1.36 bits per heavy atom. The van der Waals surface area contributed by atoms with E-state index in [0.717, 1.165) is 0 Å². The van der Waals surface area contributed by atoms with Gasteiger partial charge in [0.05, 0.1) is 12.2 Å². The van der Waals surface area contributed by atoms with Gasteiger partial charge in [0.1, 0.15) is 5.83 Å². The average molecular weight is 194 g/mol. The van der Waals surface area contributed by atoms with Gasteiger partial charge in [0.25, 0.3) is 0 Å². The van der Waals surface area contributed by atoms with Crippen molar-refractivity contribution in [3.63, 3.8) is 0 Å². The third-order valence-electron chi connectivity index (χ3n) is 1.71. The maximum atomic E-state index is 12.6. The Kier molecular flexibility index (Phi) is 3.40. The molecule has 0 N–H and O–H groups in total. The molecule has 1 rings (SSSR count). The lowest BCUT2D eigenvalue weighted by atomic mass is 10.1. The van der Waals surface area contributed by atoms with Gasteiger partial charge in [-0.1, -0.05) is 18.7 Å². The quantitative estimate of drug-likeness (QED) is 0.691. The lowest BCUT2D eigenvalue weighted by Gasteiger charge is -2.02. The molecule has 1 aromatic carbocycles. The first-order valence-electron chi connectivity index (χ1n) is 4.27. The van der Waals surface area contributed by atoms with Crippen molar-refractivity contribution in [2.75, 3.05) is 6.61 Å². The van der Waals surface area contributed by atoms with E-state index >= 15 is 0 Å². The third kappa shape index (κ3) is 2.42. The highest BCUT2D eigenvalue weighted by atomic mass is 19.1. The van der Waals surface area contributed by atoms with Gasteiger partial charge in [-0.25, -0.2) is 9.18 Å². The first-order chi connectivity index (χ1) is 6.65. The largest absolute Gasteiger partial charge is 0.462 e. The molecule has 0 amide bonds. The van der Waals surface area contributed by atoms with Gasteiger partial charge >= 0.3 is 5.97 Å². The Morgan fingerprint density at radius 2 is 1.86 bits per heavy atom. The molecule has 0 atom stereocenters. The van der Waals surface area contributed by atoms with Crippen LogP contribution in [0.3, 0.4) is 0 Å². The van der Waals surface area contributed by atoms with E-state index in [1.54, 1.807) is 6.92 Å². The Hall–Kier alpha value is -1.64. The highest BCUT2D eigenvalue weighted by Gasteiger charge is 2.05.